The molecule has 108 valence electrons. The number of nitrogens with two attached hydrogens (primary N) is 2. The zero-order valence-electron chi connectivity index (χ0n) is 10.4. The van der Waals surface area contributed by atoms with Gasteiger partial charge in [-0.05, 0) is 6.07 Å². The molecule has 0 aromatic heterocycles. The molecule has 0 radical (unpaired) electrons. The summed E-state index contributed by atoms with van der Waals surface area (Å²) >= 11 is 10.8. The first-order valence-electron chi connectivity index (χ1n) is 5.25. The van der Waals surface area contributed by atoms with E-state index in [1.807, 2.05) is 0 Å². The summed E-state index contributed by atoms with van der Waals surface area (Å²) in [7, 11) is 1.31. The number of ether oxygens (including phenoxy) is 1. The van der Waals surface area contributed by atoms with Crippen LogP contribution in [0.2, 0.25) is 5.02 Å². The van der Waals surface area contributed by atoms with E-state index in [9.17, 15) is 14.7 Å². The Kier molecular flexibility index (Phi) is 5.12. The van der Waals surface area contributed by atoms with E-state index in [1.165, 1.54) is 13.2 Å². The highest BCUT2D eigenvalue weighted by Crippen LogP contribution is 2.38. The van der Waals surface area contributed by atoms with Crippen LogP contribution in [0.15, 0.2) is 6.07 Å². The van der Waals surface area contributed by atoms with Gasteiger partial charge in [-0.15, -0.1) is 0 Å². The number of phenolic OH excluding ortho intramolecular Hbond substituents is 1. The molecule has 0 atom stereocenters. The lowest BCUT2D eigenvalue weighted by molar-refractivity contribution is -0.117. The minimum atomic E-state index is -0.909. The second-order valence-electron chi connectivity index (χ2n) is 3.74. The van der Waals surface area contributed by atoms with Gasteiger partial charge in [-0.3, -0.25) is 10.1 Å². The fourth-order valence-electron chi connectivity index (χ4n) is 1.61. The van der Waals surface area contributed by atoms with Crippen molar-refractivity contribution in [1.82, 2.24) is 5.32 Å². The van der Waals surface area contributed by atoms with Crippen LogP contribution in [0.5, 0.6) is 11.5 Å². The van der Waals surface area contributed by atoms with Crippen molar-refractivity contribution in [3.63, 3.8) is 0 Å². The third-order valence-corrected chi connectivity index (χ3v) is 2.91. The molecule has 20 heavy (non-hydrogen) atoms. The van der Waals surface area contributed by atoms with Gasteiger partial charge in [0, 0.05) is 5.56 Å². The summed E-state index contributed by atoms with van der Waals surface area (Å²) < 4.78 is 5.11. The van der Waals surface area contributed by atoms with Crippen LogP contribution < -0.4 is 21.5 Å². The Hall–Kier alpha value is -2.06. The molecule has 6 N–H and O–H groups in total. The third-order valence-electron chi connectivity index (χ3n) is 2.32. The molecule has 9 heteroatoms. The monoisotopic (exact) mass is 317 g/mol. The number of halogens is 1. The molecule has 0 fully saturated rings. The molecular weight excluding hydrogens is 306 g/mol. The number of thiocarbonyl (C=S) groups is 1. The highest BCUT2D eigenvalue weighted by Gasteiger charge is 2.22. The van der Waals surface area contributed by atoms with Crippen molar-refractivity contribution in [2.75, 3.05) is 7.11 Å². The van der Waals surface area contributed by atoms with Crippen LogP contribution in [0, 0.1) is 0 Å². The molecule has 3 amide bonds. The number of nitrogens with one attached hydrogen (secondary N) is 1. The average Bonchev–Trinajstić information content (AvgIpc) is 2.31. The Morgan fingerprint density at radius 2 is 2.10 bits per heavy atom. The molecule has 0 bridgehead atoms. The van der Waals surface area contributed by atoms with E-state index in [-0.39, 0.29) is 27.7 Å². The lowest BCUT2D eigenvalue weighted by atomic mass is 10.0. The number of hydrogen-bond donors (Lipinski definition) is 4. The van der Waals surface area contributed by atoms with Gasteiger partial charge in [0.15, 0.2) is 0 Å². The SMILES string of the molecule is COc1c(CC(N)=O)cc(Cl)c(O)c1C(=S)NC(N)=O. The second kappa shape index (κ2) is 6.40. The van der Waals surface area contributed by atoms with Crippen molar-refractivity contribution in [2.45, 2.75) is 6.42 Å². The number of rotatable bonds is 4. The van der Waals surface area contributed by atoms with E-state index < -0.39 is 17.7 Å². The number of methoxy groups -OCH3 is 1. The van der Waals surface area contributed by atoms with Gasteiger partial charge in [0.05, 0.1) is 24.1 Å². The summed E-state index contributed by atoms with van der Waals surface area (Å²) in [6, 6.07) is 0.421. The molecule has 0 unspecified atom stereocenters. The molecule has 7 nitrogen and oxygen atoms in total. The normalized spacial score (nSPS) is 9.90. The predicted octanol–water partition coefficient (Wildman–Crippen LogP) is 0.426. The maximum atomic E-state index is 11.0. The molecule has 0 heterocycles. The number of aromatic hydroxyl groups is 1. The van der Waals surface area contributed by atoms with Crippen molar-refractivity contribution in [2.24, 2.45) is 11.5 Å². The van der Waals surface area contributed by atoms with Crippen LogP contribution in [-0.4, -0.2) is 29.1 Å². The quantitative estimate of drug-likeness (QED) is 0.599. The standard InChI is InChI=1S/C11H12ClN3O4S/c1-19-9-4(3-6(13)16)2-5(12)8(17)7(9)10(20)15-11(14)18/h2,17H,3H2,1H3,(H2,13,16)(H3,14,15,18,20). The highest BCUT2D eigenvalue weighted by atomic mass is 35.5. The highest BCUT2D eigenvalue weighted by molar-refractivity contribution is 7.80. The number of carbonyl (C=O) groups is 2. The van der Waals surface area contributed by atoms with E-state index in [0.29, 0.717) is 5.56 Å². The Morgan fingerprint density at radius 3 is 2.55 bits per heavy atom. The lowest BCUT2D eigenvalue weighted by Crippen LogP contribution is -2.34. The number of benzene rings is 1. The first-order chi connectivity index (χ1) is 9.27. The number of hydrogen-bond acceptors (Lipinski definition) is 5. The molecule has 0 saturated carbocycles. The molecule has 0 aliphatic carbocycles. The van der Waals surface area contributed by atoms with Gasteiger partial charge in [0.2, 0.25) is 5.91 Å². The van der Waals surface area contributed by atoms with Crippen LogP contribution in [0.1, 0.15) is 11.1 Å². The fraction of sp³-hybridized carbons (Fsp3) is 0.182. The van der Waals surface area contributed by atoms with E-state index in [0.717, 1.165) is 0 Å². The lowest BCUT2D eigenvalue weighted by Gasteiger charge is -2.16. The van der Waals surface area contributed by atoms with Crippen molar-refractivity contribution >= 4 is 40.7 Å². The average molecular weight is 318 g/mol. The number of phenols is 1. The van der Waals surface area contributed by atoms with Crippen molar-refractivity contribution in [1.29, 1.82) is 0 Å². The Bertz CT molecular complexity index is 592. The summed E-state index contributed by atoms with van der Waals surface area (Å²) in [6.45, 7) is 0. The van der Waals surface area contributed by atoms with Crippen LogP contribution in [0.4, 0.5) is 4.79 Å². The molecule has 1 aromatic rings. The first kappa shape index (κ1) is 16.0. The van der Waals surface area contributed by atoms with Gasteiger partial charge in [-0.2, -0.15) is 0 Å². The molecule has 1 rings (SSSR count). The van der Waals surface area contributed by atoms with Gasteiger partial charge < -0.3 is 21.3 Å². The van der Waals surface area contributed by atoms with Crippen LogP contribution in [0.3, 0.4) is 0 Å². The van der Waals surface area contributed by atoms with E-state index in [2.05, 4.69) is 5.32 Å². The summed E-state index contributed by atoms with van der Waals surface area (Å²) in [4.78, 5) is 21.7. The Morgan fingerprint density at radius 1 is 1.50 bits per heavy atom. The number of primary amides is 2. The zero-order valence-corrected chi connectivity index (χ0v) is 12.0. The van der Waals surface area contributed by atoms with E-state index in [1.54, 1.807) is 0 Å². The van der Waals surface area contributed by atoms with Crippen LogP contribution in [-0.2, 0) is 11.2 Å². The third kappa shape index (κ3) is 3.49. The number of urea groups is 1. The van der Waals surface area contributed by atoms with Crippen molar-refractivity contribution < 1.29 is 19.4 Å². The van der Waals surface area contributed by atoms with E-state index in [4.69, 9.17) is 40.0 Å². The van der Waals surface area contributed by atoms with E-state index >= 15 is 0 Å². The first-order valence-corrected chi connectivity index (χ1v) is 6.04. The summed E-state index contributed by atoms with van der Waals surface area (Å²) in [5, 5.41) is 12.0. The van der Waals surface area contributed by atoms with Gasteiger partial charge >= 0.3 is 6.03 Å². The summed E-state index contributed by atoms with van der Waals surface area (Å²) in [5.74, 6) is -0.926. The topological polar surface area (TPSA) is 128 Å². The zero-order chi connectivity index (χ0) is 15.4. The van der Waals surface area contributed by atoms with Crippen molar-refractivity contribution in [3.8, 4) is 11.5 Å². The molecule has 0 aliphatic rings. The largest absolute Gasteiger partial charge is 0.505 e. The number of carbonyl (C=O) groups excluding carboxylic acids is 2. The minimum Gasteiger partial charge on any atom is -0.505 e. The number of amides is 3. The maximum Gasteiger partial charge on any atom is 0.317 e. The molecule has 0 saturated heterocycles. The smallest absolute Gasteiger partial charge is 0.317 e. The Labute approximate surface area is 124 Å². The molecule has 0 spiro atoms. The van der Waals surface area contributed by atoms with Gasteiger partial charge in [-0.25, -0.2) is 4.79 Å². The fourth-order valence-corrected chi connectivity index (χ4v) is 2.13. The molecular formula is C11H12ClN3O4S. The van der Waals surface area contributed by atoms with Gasteiger partial charge in [0.25, 0.3) is 0 Å². The van der Waals surface area contributed by atoms with Gasteiger partial charge in [0.1, 0.15) is 16.5 Å². The summed E-state index contributed by atoms with van der Waals surface area (Å²) in [5.41, 5.74) is 10.4. The molecule has 1 aromatic carbocycles. The maximum absolute atomic E-state index is 11.0. The Balaban J connectivity index is 3.46. The van der Waals surface area contributed by atoms with Crippen LogP contribution >= 0.6 is 23.8 Å². The second-order valence-corrected chi connectivity index (χ2v) is 4.55. The van der Waals surface area contributed by atoms with Crippen LogP contribution in [0.25, 0.3) is 0 Å². The van der Waals surface area contributed by atoms with Crippen molar-refractivity contribution in [3.05, 3.63) is 22.2 Å². The summed E-state index contributed by atoms with van der Waals surface area (Å²) in [6.07, 6.45) is -0.171. The minimum absolute atomic E-state index is 0.0370. The predicted molar refractivity (Wildman–Crippen MR) is 77.0 cm³/mol. The molecule has 0 aliphatic heterocycles. The van der Waals surface area contributed by atoms with Gasteiger partial charge in [-0.1, -0.05) is 23.8 Å².